The van der Waals surface area contributed by atoms with Crippen molar-refractivity contribution in [3.63, 3.8) is 0 Å². The van der Waals surface area contributed by atoms with Crippen LogP contribution in [-0.4, -0.2) is 9.97 Å². The lowest BCUT2D eigenvalue weighted by Gasteiger charge is -2.39. The van der Waals surface area contributed by atoms with Crippen molar-refractivity contribution in [3.05, 3.63) is 204 Å². The first-order chi connectivity index (χ1) is 25.7. The Morgan fingerprint density at radius 1 is 0.442 bits per heavy atom. The highest BCUT2D eigenvalue weighted by atomic mass is 16.5. The van der Waals surface area contributed by atoms with Crippen LogP contribution in [0, 0.1) is 11.3 Å². The van der Waals surface area contributed by atoms with E-state index in [0.29, 0.717) is 11.4 Å². The number of benzene rings is 7. The van der Waals surface area contributed by atoms with E-state index < -0.39 is 5.41 Å². The van der Waals surface area contributed by atoms with Crippen molar-refractivity contribution < 1.29 is 4.74 Å². The van der Waals surface area contributed by atoms with Crippen LogP contribution in [0.5, 0.6) is 11.5 Å². The zero-order chi connectivity index (χ0) is 34.6. The summed E-state index contributed by atoms with van der Waals surface area (Å²) in [5.74, 6) is 2.24. The fourth-order valence-electron chi connectivity index (χ4n) is 8.19. The number of aromatic nitrogens is 2. The summed E-state index contributed by atoms with van der Waals surface area (Å²) in [4.78, 5) is 10.8. The molecule has 1 spiro atoms. The second-order valence-electron chi connectivity index (χ2n) is 13.2. The van der Waals surface area contributed by atoms with Gasteiger partial charge in [-0.1, -0.05) is 146 Å². The largest absolute Gasteiger partial charge is 0.457 e. The zero-order valence-electron chi connectivity index (χ0n) is 28.0. The van der Waals surface area contributed by atoms with Gasteiger partial charge in [0.1, 0.15) is 11.5 Å². The first-order valence-electron chi connectivity index (χ1n) is 17.4. The van der Waals surface area contributed by atoms with E-state index in [2.05, 4.69) is 133 Å². The van der Waals surface area contributed by atoms with E-state index in [-0.39, 0.29) is 0 Å². The average Bonchev–Trinajstić information content (AvgIpc) is 3.50. The van der Waals surface area contributed by atoms with Crippen LogP contribution in [0.2, 0.25) is 0 Å². The van der Waals surface area contributed by atoms with Crippen molar-refractivity contribution in [2.24, 2.45) is 0 Å². The molecule has 4 nitrogen and oxygen atoms in total. The maximum absolute atomic E-state index is 10.1. The van der Waals surface area contributed by atoms with Gasteiger partial charge in [0.05, 0.1) is 28.4 Å². The molecule has 0 saturated heterocycles. The Bertz CT molecular complexity index is 2610. The minimum Gasteiger partial charge on any atom is -0.457 e. The van der Waals surface area contributed by atoms with Crippen LogP contribution in [0.25, 0.3) is 56.2 Å². The molecule has 2 aliphatic rings. The Morgan fingerprint density at radius 3 is 1.48 bits per heavy atom. The second-order valence-corrected chi connectivity index (χ2v) is 13.2. The zero-order valence-corrected chi connectivity index (χ0v) is 28.0. The second kappa shape index (κ2) is 11.8. The Labute approximate surface area is 301 Å². The molecule has 0 N–H and O–H groups in total. The predicted molar refractivity (Wildman–Crippen MR) is 206 cm³/mol. The summed E-state index contributed by atoms with van der Waals surface area (Å²) in [7, 11) is 0. The van der Waals surface area contributed by atoms with Crippen LogP contribution in [0.15, 0.2) is 176 Å². The molecule has 0 atom stereocenters. The van der Waals surface area contributed by atoms with Gasteiger partial charge in [-0.25, -0.2) is 9.97 Å². The molecular formula is C48H29N3O. The van der Waals surface area contributed by atoms with E-state index in [1.54, 1.807) is 0 Å². The smallest absolute Gasteiger partial charge is 0.160 e. The van der Waals surface area contributed by atoms with Crippen LogP contribution in [-0.2, 0) is 5.41 Å². The molecule has 0 radical (unpaired) electrons. The summed E-state index contributed by atoms with van der Waals surface area (Å²) in [5, 5.41) is 10.1. The van der Waals surface area contributed by atoms with Gasteiger partial charge in [0.25, 0.3) is 0 Å². The lowest BCUT2D eigenvalue weighted by molar-refractivity contribution is 0.436. The topological polar surface area (TPSA) is 58.8 Å². The lowest BCUT2D eigenvalue weighted by Crippen LogP contribution is -2.32. The Morgan fingerprint density at radius 2 is 0.923 bits per heavy atom. The SMILES string of the molecule is N#Cc1ccc2c(c1)C1(c3ccccc3Oc3ccccc31)c1cc(-c3nc(-c4ccccc4)c(-c4ccccc4)c(-c4ccccc4)n3)ccc1-2. The van der Waals surface area contributed by atoms with Crippen LogP contribution in [0.4, 0.5) is 0 Å². The molecule has 7 aromatic carbocycles. The number of ether oxygens (including phenoxy) is 1. The Hall–Kier alpha value is -7.09. The first kappa shape index (κ1) is 29.8. The lowest BCUT2D eigenvalue weighted by atomic mass is 9.66. The number of nitriles is 1. The van der Waals surface area contributed by atoms with Gasteiger partial charge in [0.2, 0.25) is 0 Å². The summed E-state index contributed by atoms with van der Waals surface area (Å²) < 4.78 is 6.56. The van der Waals surface area contributed by atoms with Gasteiger partial charge in [-0.05, 0) is 58.1 Å². The van der Waals surface area contributed by atoms with Crippen molar-refractivity contribution in [2.75, 3.05) is 0 Å². The maximum Gasteiger partial charge on any atom is 0.160 e. The summed E-state index contributed by atoms with van der Waals surface area (Å²) in [6.45, 7) is 0. The van der Waals surface area contributed by atoms with Crippen LogP contribution >= 0.6 is 0 Å². The van der Waals surface area contributed by atoms with Gasteiger partial charge in [0, 0.05) is 33.4 Å². The molecule has 1 aliphatic carbocycles. The molecule has 2 heterocycles. The van der Waals surface area contributed by atoms with Crippen molar-refractivity contribution in [3.8, 4) is 73.7 Å². The van der Waals surface area contributed by atoms with Gasteiger partial charge >= 0.3 is 0 Å². The average molecular weight is 664 g/mol. The van der Waals surface area contributed by atoms with Crippen LogP contribution in [0.3, 0.4) is 0 Å². The molecule has 10 rings (SSSR count). The van der Waals surface area contributed by atoms with Crippen molar-refractivity contribution in [1.29, 1.82) is 5.26 Å². The van der Waals surface area contributed by atoms with Gasteiger partial charge in [0.15, 0.2) is 5.82 Å². The Kier molecular flexibility index (Phi) is 6.74. The molecule has 0 bridgehead atoms. The summed E-state index contributed by atoms with van der Waals surface area (Å²) in [5.41, 5.74) is 13.1. The molecule has 52 heavy (non-hydrogen) atoms. The van der Waals surface area contributed by atoms with Crippen LogP contribution in [0.1, 0.15) is 27.8 Å². The normalized spacial score (nSPS) is 12.9. The number of nitrogens with zero attached hydrogens (tertiary/aromatic N) is 3. The van der Waals surface area contributed by atoms with Crippen molar-refractivity contribution in [1.82, 2.24) is 9.97 Å². The summed E-state index contributed by atoms with van der Waals surface area (Å²) >= 11 is 0. The number of hydrogen-bond acceptors (Lipinski definition) is 4. The van der Waals surface area contributed by atoms with Gasteiger partial charge in [-0.15, -0.1) is 0 Å². The number of hydrogen-bond donors (Lipinski definition) is 0. The summed E-state index contributed by atoms with van der Waals surface area (Å²) in [6, 6.07) is 62.8. The van der Waals surface area contributed by atoms with Gasteiger partial charge in [-0.3, -0.25) is 0 Å². The van der Waals surface area contributed by atoms with Gasteiger partial charge < -0.3 is 4.74 Å². The first-order valence-corrected chi connectivity index (χ1v) is 17.4. The fourth-order valence-corrected chi connectivity index (χ4v) is 8.19. The molecule has 8 aromatic rings. The molecule has 0 unspecified atom stereocenters. The number of para-hydroxylation sites is 2. The maximum atomic E-state index is 10.1. The van der Waals surface area contributed by atoms with Crippen molar-refractivity contribution >= 4 is 0 Å². The summed E-state index contributed by atoms with van der Waals surface area (Å²) in [6.07, 6.45) is 0. The number of fused-ring (bicyclic) bond motifs is 9. The number of rotatable bonds is 4. The molecule has 1 aromatic heterocycles. The standard InChI is InChI=1S/C48H29N3O/c49-30-31-24-26-36-37-27-25-35(29-41(37)48(40(36)28-31)38-20-10-12-22-42(38)52-43-23-13-11-21-39(43)48)47-50-45(33-16-6-2-7-17-33)44(32-14-4-1-5-15-32)46(51-47)34-18-8-3-9-19-34/h1-29H. The monoisotopic (exact) mass is 663 g/mol. The third kappa shape index (κ3) is 4.40. The van der Waals surface area contributed by atoms with E-state index in [9.17, 15) is 5.26 Å². The minimum atomic E-state index is -0.729. The van der Waals surface area contributed by atoms with Crippen molar-refractivity contribution in [2.45, 2.75) is 5.41 Å². The van der Waals surface area contributed by atoms with Gasteiger partial charge in [-0.2, -0.15) is 5.26 Å². The third-order valence-electron chi connectivity index (χ3n) is 10.4. The molecule has 242 valence electrons. The van der Waals surface area contributed by atoms with E-state index in [4.69, 9.17) is 14.7 Å². The highest BCUT2D eigenvalue weighted by Gasteiger charge is 2.51. The quantitative estimate of drug-likeness (QED) is 0.188. The predicted octanol–water partition coefficient (Wildman–Crippen LogP) is 11.5. The molecule has 0 amide bonds. The highest BCUT2D eigenvalue weighted by molar-refractivity contribution is 5.94. The third-order valence-corrected chi connectivity index (χ3v) is 10.4. The molecule has 0 saturated carbocycles. The molecular weight excluding hydrogens is 635 g/mol. The molecule has 0 fully saturated rings. The Balaban J connectivity index is 1.29. The minimum absolute atomic E-state index is 0.618. The van der Waals surface area contributed by atoms with Crippen LogP contribution < -0.4 is 4.74 Å². The fraction of sp³-hybridized carbons (Fsp3) is 0.0208. The highest BCUT2D eigenvalue weighted by Crippen LogP contribution is 2.62. The van der Waals surface area contributed by atoms with E-state index in [1.165, 1.54) is 0 Å². The molecule has 4 heteroatoms. The molecule has 1 aliphatic heterocycles. The van der Waals surface area contributed by atoms with E-state index >= 15 is 0 Å². The van der Waals surface area contributed by atoms with E-state index in [1.807, 2.05) is 48.5 Å². The van der Waals surface area contributed by atoms with E-state index in [0.717, 1.165) is 84.1 Å².